The van der Waals surface area contributed by atoms with Crippen LogP contribution in [-0.4, -0.2) is 46.9 Å². The number of carboxylic acids is 1. The number of carboxylic acid groups (broad SMARTS) is 1. The van der Waals surface area contributed by atoms with Crippen molar-refractivity contribution in [3.63, 3.8) is 0 Å². The van der Waals surface area contributed by atoms with Gasteiger partial charge in [0.2, 0.25) is 5.91 Å². The van der Waals surface area contributed by atoms with Crippen LogP contribution in [0.25, 0.3) is 0 Å². The van der Waals surface area contributed by atoms with Gasteiger partial charge in [0.25, 0.3) is 5.91 Å². The van der Waals surface area contributed by atoms with Gasteiger partial charge in [-0.05, 0) is 37.8 Å². The molecule has 0 aromatic heterocycles. The number of piperidine rings is 1. The second kappa shape index (κ2) is 8.31. The number of likely N-dealkylation sites (tertiary alicyclic amines) is 1. The van der Waals surface area contributed by atoms with Gasteiger partial charge in [-0.25, -0.2) is 4.79 Å². The van der Waals surface area contributed by atoms with Crippen molar-refractivity contribution in [1.29, 1.82) is 0 Å². The Kier molecular flexibility index (Phi) is 6.14. The Labute approximate surface area is 135 Å². The zero-order valence-electron chi connectivity index (χ0n) is 13.0. The van der Waals surface area contributed by atoms with Crippen LogP contribution in [0.4, 0.5) is 0 Å². The zero-order valence-corrected chi connectivity index (χ0v) is 13.0. The maximum atomic E-state index is 12.1. The molecule has 1 aromatic carbocycles. The molecule has 1 atom stereocenters. The fourth-order valence-electron chi connectivity index (χ4n) is 2.66. The minimum atomic E-state index is -1.12. The van der Waals surface area contributed by atoms with Gasteiger partial charge in [0.15, 0.2) is 0 Å². The third-order valence-corrected chi connectivity index (χ3v) is 4.00. The lowest BCUT2D eigenvalue weighted by molar-refractivity contribution is -0.139. The molecule has 0 aliphatic carbocycles. The van der Waals surface area contributed by atoms with E-state index in [0.717, 1.165) is 32.4 Å². The van der Waals surface area contributed by atoms with Crippen LogP contribution in [0.1, 0.15) is 42.5 Å². The molecule has 1 aliphatic rings. The number of nitrogens with zero attached hydrogens (tertiary/aromatic N) is 1. The molecule has 6 heteroatoms. The maximum Gasteiger partial charge on any atom is 0.326 e. The molecule has 124 valence electrons. The summed E-state index contributed by atoms with van der Waals surface area (Å²) in [5, 5.41) is 11.7. The fraction of sp³-hybridized carbons (Fsp3) is 0.471. The van der Waals surface area contributed by atoms with Crippen LogP contribution in [0.5, 0.6) is 0 Å². The summed E-state index contributed by atoms with van der Waals surface area (Å²) in [6, 6.07) is 7.38. The van der Waals surface area contributed by atoms with Gasteiger partial charge in [0, 0.05) is 25.1 Å². The van der Waals surface area contributed by atoms with Crippen molar-refractivity contribution in [2.45, 2.75) is 38.1 Å². The molecule has 2 amide bonds. The molecule has 0 radical (unpaired) electrons. The van der Waals surface area contributed by atoms with Gasteiger partial charge in [-0.3, -0.25) is 9.59 Å². The second-order valence-corrected chi connectivity index (χ2v) is 5.71. The lowest BCUT2D eigenvalue weighted by atomic mass is 10.1. The number of carbonyl (C=O) groups excluding carboxylic acids is 2. The van der Waals surface area contributed by atoms with Gasteiger partial charge in [-0.1, -0.05) is 18.2 Å². The summed E-state index contributed by atoms with van der Waals surface area (Å²) in [5.41, 5.74) is 0.404. The highest BCUT2D eigenvalue weighted by Gasteiger charge is 2.23. The van der Waals surface area contributed by atoms with Crippen LogP contribution in [-0.2, 0) is 9.59 Å². The number of hydrogen-bond donors (Lipinski definition) is 2. The highest BCUT2D eigenvalue weighted by atomic mass is 16.4. The molecule has 6 nitrogen and oxygen atoms in total. The number of rotatable bonds is 6. The number of aliphatic carboxylic acids is 1. The van der Waals surface area contributed by atoms with E-state index in [4.69, 9.17) is 0 Å². The molecule has 1 fully saturated rings. The maximum absolute atomic E-state index is 12.1. The molecule has 1 heterocycles. The Morgan fingerprint density at radius 2 is 1.74 bits per heavy atom. The molecule has 0 saturated carbocycles. The van der Waals surface area contributed by atoms with Crippen molar-refractivity contribution >= 4 is 17.8 Å². The average molecular weight is 318 g/mol. The van der Waals surface area contributed by atoms with E-state index in [2.05, 4.69) is 5.32 Å². The SMILES string of the molecule is O=C(NC(CCC(=O)N1CCCCC1)C(=O)O)c1ccccc1. The van der Waals surface area contributed by atoms with E-state index in [9.17, 15) is 19.5 Å². The van der Waals surface area contributed by atoms with E-state index in [-0.39, 0.29) is 18.7 Å². The number of benzene rings is 1. The summed E-state index contributed by atoms with van der Waals surface area (Å²) in [6.07, 6.45) is 3.36. The molecule has 1 unspecified atom stereocenters. The van der Waals surface area contributed by atoms with Crippen LogP contribution in [0.2, 0.25) is 0 Å². The van der Waals surface area contributed by atoms with E-state index in [0.29, 0.717) is 5.56 Å². The fourth-order valence-corrected chi connectivity index (χ4v) is 2.66. The zero-order chi connectivity index (χ0) is 16.7. The Balaban J connectivity index is 1.87. The summed E-state index contributed by atoms with van der Waals surface area (Å²) < 4.78 is 0. The van der Waals surface area contributed by atoms with Crippen LogP contribution in [0, 0.1) is 0 Å². The Morgan fingerprint density at radius 1 is 1.09 bits per heavy atom. The summed E-state index contributed by atoms with van der Waals surface area (Å²) >= 11 is 0. The van der Waals surface area contributed by atoms with Crippen LogP contribution >= 0.6 is 0 Å². The largest absolute Gasteiger partial charge is 0.480 e. The molecule has 1 saturated heterocycles. The van der Waals surface area contributed by atoms with E-state index in [1.807, 2.05) is 0 Å². The van der Waals surface area contributed by atoms with Crippen molar-refractivity contribution in [3.8, 4) is 0 Å². The van der Waals surface area contributed by atoms with Gasteiger partial charge in [-0.2, -0.15) is 0 Å². The molecular weight excluding hydrogens is 296 g/mol. The average Bonchev–Trinajstić information content (AvgIpc) is 2.59. The number of hydrogen-bond acceptors (Lipinski definition) is 3. The van der Waals surface area contributed by atoms with E-state index in [1.54, 1.807) is 35.2 Å². The van der Waals surface area contributed by atoms with Crippen LogP contribution in [0.15, 0.2) is 30.3 Å². The first-order valence-electron chi connectivity index (χ1n) is 7.94. The molecule has 0 bridgehead atoms. The lowest BCUT2D eigenvalue weighted by Crippen LogP contribution is -2.42. The van der Waals surface area contributed by atoms with Crippen LogP contribution < -0.4 is 5.32 Å². The minimum Gasteiger partial charge on any atom is -0.480 e. The van der Waals surface area contributed by atoms with E-state index < -0.39 is 17.9 Å². The molecule has 1 aliphatic heterocycles. The Hall–Kier alpha value is -2.37. The van der Waals surface area contributed by atoms with Gasteiger partial charge in [0.1, 0.15) is 6.04 Å². The Bertz CT molecular complexity index is 553. The molecule has 0 spiro atoms. The molecule has 2 rings (SSSR count). The van der Waals surface area contributed by atoms with Crippen LogP contribution in [0.3, 0.4) is 0 Å². The number of amides is 2. The first-order chi connectivity index (χ1) is 11.1. The van der Waals surface area contributed by atoms with Gasteiger partial charge >= 0.3 is 5.97 Å². The Morgan fingerprint density at radius 3 is 2.35 bits per heavy atom. The quantitative estimate of drug-likeness (QED) is 0.835. The molecular formula is C17H22N2O4. The molecule has 23 heavy (non-hydrogen) atoms. The topological polar surface area (TPSA) is 86.7 Å². The van der Waals surface area contributed by atoms with Crippen molar-refractivity contribution in [1.82, 2.24) is 10.2 Å². The van der Waals surface area contributed by atoms with Crippen molar-refractivity contribution < 1.29 is 19.5 Å². The lowest BCUT2D eigenvalue weighted by Gasteiger charge is -2.27. The van der Waals surface area contributed by atoms with E-state index in [1.165, 1.54) is 0 Å². The highest BCUT2D eigenvalue weighted by molar-refractivity contribution is 5.96. The third kappa shape index (κ3) is 5.09. The van der Waals surface area contributed by atoms with Gasteiger partial charge in [0.05, 0.1) is 0 Å². The van der Waals surface area contributed by atoms with Gasteiger partial charge in [-0.15, -0.1) is 0 Å². The van der Waals surface area contributed by atoms with Gasteiger partial charge < -0.3 is 15.3 Å². The highest BCUT2D eigenvalue weighted by Crippen LogP contribution is 2.12. The predicted octanol–water partition coefficient (Wildman–Crippen LogP) is 1.66. The minimum absolute atomic E-state index is 0.0371. The second-order valence-electron chi connectivity index (χ2n) is 5.71. The summed E-state index contributed by atoms with van der Waals surface area (Å²) in [4.78, 5) is 37.2. The monoisotopic (exact) mass is 318 g/mol. The first-order valence-corrected chi connectivity index (χ1v) is 7.94. The van der Waals surface area contributed by atoms with Crippen molar-refractivity contribution in [3.05, 3.63) is 35.9 Å². The summed E-state index contributed by atoms with van der Waals surface area (Å²) in [6.45, 7) is 1.49. The smallest absolute Gasteiger partial charge is 0.326 e. The standard InChI is InChI=1S/C17H22N2O4/c20-15(19-11-5-2-6-12-19)10-9-14(17(22)23)18-16(21)13-7-3-1-4-8-13/h1,3-4,7-8,14H,2,5-6,9-12H2,(H,18,21)(H,22,23). The summed E-state index contributed by atoms with van der Waals surface area (Å²) in [7, 11) is 0. The number of nitrogens with one attached hydrogen (secondary N) is 1. The first kappa shape index (κ1) is 17.0. The third-order valence-electron chi connectivity index (χ3n) is 4.00. The summed E-state index contributed by atoms with van der Waals surface area (Å²) in [5.74, 6) is -1.60. The van der Waals surface area contributed by atoms with Crippen molar-refractivity contribution in [2.24, 2.45) is 0 Å². The normalized spacial score (nSPS) is 15.7. The molecule has 1 aromatic rings. The van der Waals surface area contributed by atoms with Crippen molar-refractivity contribution in [2.75, 3.05) is 13.1 Å². The predicted molar refractivity (Wildman–Crippen MR) is 85.0 cm³/mol. The number of carbonyl (C=O) groups is 3. The molecule has 2 N–H and O–H groups in total. The van der Waals surface area contributed by atoms with E-state index >= 15 is 0 Å².